The molecule has 0 aliphatic carbocycles. The minimum Gasteiger partial charge on any atom is -0.388 e. The lowest BCUT2D eigenvalue weighted by Crippen LogP contribution is -2.17. The largest absolute Gasteiger partial charge is 0.388 e. The maximum atomic E-state index is 9.44. The Balaban J connectivity index is 4.26. The van der Waals surface area contributed by atoms with Crippen molar-refractivity contribution >= 4 is 0 Å². The van der Waals surface area contributed by atoms with Gasteiger partial charge in [-0.2, -0.15) is 0 Å². The molecule has 0 aromatic rings. The Morgan fingerprint density at radius 2 is 1.92 bits per heavy atom. The predicted molar refractivity (Wildman–Crippen MR) is 54.1 cm³/mol. The van der Waals surface area contributed by atoms with Crippen LogP contribution in [0.15, 0.2) is 12.2 Å². The second kappa shape index (κ2) is 5.06. The Morgan fingerprint density at radius 1 is 1.38 bits per heavy atom. The Morgan fingerprint density at radius 3 is 2.31 bits per heavy atom. The highest BCUT2D eigenvalue weighted by Gasteiger charge is 2.10. The summed E-state index contributed by atoms with van der Waals surface area (Å²) in [6.45, 7) is 6.91. The van der Waals surface area contributed by atoms with Crippen molar-refractivity contribution in [1.29, 1.82) is 0 Å². The highest BCUT2D eigenvalue weighted by atomic mass is 16.3. The van der Waals surface area contributed by atoms with Crippen molar-refractivity contribution in [1.82, 2.24) is 0 Å². The van der Waals surface area contributed by atoms with Gasteiger partial charge in [0.1, 0.15) is 5.60 Å². The SMILES string of the molecule is C/C=C/C(O)C(C)C#CC(C)(C)O. The van der Waals surface area contributed by atoms with Gasteiger partial charge in [-0.3, -0.25) is 0 Å². The van der Waals surface area contributed by atoms with Gasteiger partial charge in [0.05, 0.1) is 6.10 Å². The van der Waals surface area contributed by atoms with Gasteiger partial charge < -0.3 is 10.2 Å². The third kappa shape index (κ3) is 6.39. The molecule has 2 N–H and O–H groups in total. The molecule has 0 heterocycles. The molecule has 2 nitrogen and oxygen atoms in total. The molecule has 2 heteroatoms. The monoisotopic (exact) mass is 182 g/mol. The van der Waals surface area contributed by atoms with Crippen LogP contribution in [0.2, 0.25) is 0 Å². The van der Waals surface area contributed by atoms with Crippen LogP contribution in [0, 0.1) is 17.8 Å². The van der Waals surface area contributed by atoms with Gasteiger partial charge in [-0.15, -0.1) is 0 Å². The first-order valence-electron chi connectivity index (χ1n) is 4.43. The van der Waals surface area contributed by atoms with Crippen LogP contribution in [-0.4, -0.2) is 21.9 Å². The van der Waals surface area contributed by atoms with Crippen LogP contribution < -0.4 is 0 Å². The molecular formula is C11H18O2. The molecule has 2 unspecified atom stereocenters. The van der Waals surface area contributed by atoms with Crippen molar-refractivity contribution in [2.75, 3.05) is 0 Å². The second-order valence-corrected chi connectivity index (χ2v) is 3.63. The molecule has 0 saturated heterocycles. The van der Waals surface area contributed by atoms with Crippen molar-refractivity contribution in [3.8, 4) is 11.8 Å². The van der Waals surface area contributed by atoms with Gasteiger partial charge in [-0.05, 0) is 27.7 Å². The summed E-state index contributed by atoms with van der Waals surface area (Å²) in [6.07, 6.45) is 2.91. The zero-order valence-corrected chi connectivity index (χ0v) is 8.70. The Kier molecular flexibility index (Phi) is 4.76. The summed E-state index contributed by atoms with van der Waals surface area (Å²) >= 11 is 0. The Hall–Kier alpha value is -0.780. The first-order valence-corrected chi connectivity index (χ1v) is 4.43. The zero-order valence-electron chi connectivity index (χ0n) is 8.70. The van der Waals surface area contributed by atoms with Crippen LogP contribution in [0.25, 0.3) is 0 Å². The number of allylic oxidation sites excluding steroid dienone is 1. The van der Waals surface area contributed by atoms with Gasteiger partial charge in [-0.1, -0.05) is 24.0 Å². The van der Waals surface area contributed by atoms with Gasteiger partial charge in [0, 0.05) is 5.92 Å². The van der Waals surface area contributed by atoms with Crippen molar-refractivity contribution in [2.45, 2.75) is 39.4 Å². The van der Waals surface area contributed by atoms with E-state index in [1.54, 1.807) is 26.0 Å². The molecule has 0 fully saturated rings. The number of hydrogen-bond donors (Lipinski definition) is 2. The molecule has 0 amide bonds. The molecule has 0 saturated carbocycles. The van der Waals surface area contributed by atoms with E-state index in [4.69, 9.17) is 0 Å². The molecule has 0 aromatic carbocycles. The molecule has 0 aliphatic rings. The molecule has 74 valence electrons. The molecule has 0 aromatic heterocycles. The maximum absolute atomic E-state index is 9.44. The van der Waals surface area contributed by atoms with E-state index >= 15 is 0 Å². The average molecular weight is 182 g/mol. The van der Waals surface area contributed by atoms with Crippen molar-refractivity contribution in [3.63, 3.8) is 0 Å². The summed E-state index contributed by atoms with van der Waals surface area (Å²) < 4.78 is 0. The first kappa shape index (κ1) is 12.2. The lowest BCUT2D eigenvalue weighted by Gasteiger charge is -2.10. The quantitative estimate of drug-likeness (QED) is 0.499. The topological polar surface area (TPSA) is 40.5 Å². The van der Waals surface area contributed by atoms with E-state index in [0.717, 1.165) is 0 Å². The standard InChI is InChI=1S/C11H18O2/c1-5-6-10(12)9(2)7-8-11(3,4)13/h5-6,9-10,12-13H,1-4H3/b6-5+. The summed E-state index contributed by atoms with van der Waals surface area (Å²) in [4.78, 5) is 0. The summed E-state index contributed by atoms with van der Waals surface area (Å²) in [6, 6.07) is 0. The first-order chi connectivity index (χ1) is 5.87. The van der Waals surface area contributed by atoms with E-state index in [9.17, 15) is 10.2 Å². The molecule has 0 bridgehead atoms. The van der Waals surface area contributed by atoms with Gasteiger partial charge in [0.15, 0.2) is 0 Å². The van der Waals surface area contributed by atoms with Gasteiger partial charge in [-0.25, -0.2) is 0 Å². The highest BCUT2D eigenvalue weighted by molar-refractivity contribution is 5.14. The number of aliphatic hydroxyl groups is 2. The van der Waals surface area contributed by atoms with E-state index in [-0.39, 0.29) is 5.92 Å². The minimum atomic E-state index is -0.982. The van der Waals surface area contributed by atoms with E-state index < -0.39 is 11.7 Å². The van der Waals surface area contributed by atoms with E-state index in [2.05, 4.69) is 11.8 Å². The molecule has 0 rings (SSSR count). The lowest BCUT2D eigenvalue weighted by molar-refractivity contribution is 0.142. The Bertz CT molecular complexity index is 225. The normalized spacial score (nSPS) is 16.5. The fraction of sp³-hybridized carbons (Fsp3) is 0.636. The third-order valence-electron chi connectivity index (χ3n) is 1.51. The average Bonchev–Trinajstić information content (AvgIpc) is 1.99. The number of aliphatic hydroxyl groups excluding tert-OH is 1. The zero-order chi connectivity index (χ0) is 10.5. The summed E-state index contributed by atoms with van der Waals surface area (Å²) in [5.74, 6) is 5.33. The van der Waals surface area contributed by atoms with Gasteiger partial charge in [0.25, 0.3) is 0 Å². The summed E-state index contributed by atoms with van der Waals surface area (Å²) in [5, 5.41) is 18.7. The third-order valence-corrected chi connectivity index (χ3v) is 1.51. The second-order valence-electron chi connectivity index (χ2n) is 3.63. The number of rotatable bonds is 2. The Labute approximate surface area is 80.3 Å². The summed E-state index contributed by atoms with van der Waals surface area (Å²) in [7, 11) is 0. The molecule has 2 atom stereocenters. The predicted octanol–water partition coefficient (Wildman–Crippen LogP) is 1.33. The van der Waals surface area contributed by atoms with Gasteiger partial charge >= 0.3 is 0 Å². The molecular weight excluding hydrogens is 164 g/mol. The fourth-order valence-electron chi connectivity index (χ4n) is 0.740. The minimum absolute atomic E-state index is 0.150. The smallest absolute Gasteiger partial charge is 0.119 e. The fourth-order valence-corrected chi connectivity index (χ4v) is 0.740. The van der Waals surface area contributed by atoms with Crippen LogP contribution in [0.1, 0.15) is 27.7 Å². The van der Waals surface area contributed by atoms with Crippen LogP contribution in [0.3, 0.4) is 0 Å². The molecule has 13 heavy (non-hydrogen) atoms. The van der Waals surface area contributed by atoms with Crippen LogP contribution in [0.4, 0.5) is 0 Å². The van der Waals surface area contributed by atoms with Crippen molar-refractivity contribution in [3.05, 3.63) is 12.2 Å². The van der Waals surface area contributed by atoms with E-state index in [1.165, 1.54) is 0 Å². The van der Waals surface area contributed by atoms with Crippen LogP contribution in [0.5, 0.6) is 0 Å². The van der Waals surface area contributed by atoms with Crippen molar-refractivity contribution < 1.29 is 10.2 Å². The van der Waals surface area contributed by atoms with Crippen LogP contribution in [-0.2, 0) is 0 Å². The van der Waals surface area contributed by atoms with E-state index in [0.29, 0.717) is 0 Å². The highest BCUT2D eigenvalue weighted by Crippen LogP contribution is 2.04. The number of hydrogen-bond acceptors (Lipinski definition) is 2. The maximum Gasteiger partial charge on any atom is 0.119 e. The summed E-state index contributed by atoms with van der Waals surface area (Å²) in [5.41, 5.74) is -0.982. The van der Waals surface area contributed by atoms with Gasteiger partial charge in [0.2, 0.25) is 0 Å². The van der Waals surface area contributed by atoms with Crippen molar-refractivity contribution in [2.24, 2.45) is 5.92 Å². The molecule has 0 spiro atoms. The lowest BCUT2D eigenvalue weighted by atomic mass is 10.0. The van der Waals surface area contributed by atoms with E-state index in [1.807, 2.05) is 13.8 Å². The van der Waals surface area contributed by atoms with Crippen LogP contribution >= 0.6 is 0 Å². The molecule has 0 radical (unpaired) electrons. The molecule has 0 aliphatic heterocycles.